The first-order chi connectivity index (χ1) is 10.7. The van der Waals surface area contributed by atoms with Crippen molar-refractivity contribution >= 4 is 42.1 Å². The van der Waals surface area contributed by atoms with Crippen molar-refractivity contribution in [3.05, 3.63) is 22.4 Å². The highest BCUT2D eigenvalue weighted by Gasteiger charge is 2.29. The molecule has 0 spiro atoms. The number of piperazine rings is 1. The standard InChI is InChI=1S/C17H27N3OS.2ClH/c18-16-5-1-3-14(16)13-17(21)20-10-8-19(9-11-20)7-6-15-4-2-12-22-15;;/h2,4,12,14,16H,1,3,5-11,13,18H2;2*1H/t14-,16+;;/m0../s1. The van der Waals surface area contributed by atoms with Crippen molar-refractivity contribution in [1.82, 2.24) is 9.80 Å². The van der Waals surface area contributed by atoms with Crippen LogP contribution in [0.4, 0.5) is 0 Å². The average molecular weight is 394 g/mol. The normalized spacial score (nSPS) is 24.3. The van der Waals surface area contributed by atoms with Gasteiger partial charge in [0.25, 0.3) is 0 Å². The molecule has 138 valence electrons. The van der Waals surface area contributed by atoms with Crippen LogP contribution in [0.15, 0.2) is 17.5 Å². The van der Waals surface area contributed by atoms with Gasteiger partial charge in [0.1, 0.15) is 0 Å². The Morgan fingerprint density at radius 3 is 2.54 bits per heavy atom. The third-order valence-corrected chi connectivity index (χ3v) is 6.07. The SMILES string of the molecule is Cl.Cl.N[C@@H]1CCC[C@H]1CC(=O)N1CCN(CCc2cccs2)CC1. The summed E-state index contributed by atoms with van der Waals surface area (Å²) in [5, 5.41) is 2.14. The molecule has 7 heteroatoms. The fourth-order valence-corrected chi connectivity index (χ4v) is 4.31. The smallest absolute Gasteiger partial charge is 0.222 e. The first-order valence-corrected chi connectivity index (χ1v) is 9.38. The molecule has 1 saturated carbocycles. The molecular weight excluding hydrogens is 365 g/mol. The zero-order valence-corrected chi connectivity index (χ0v) is 16.5. The van der Waals surface area contributed by atoms with Crippen LogP contribution in [-0.2, 0) is 11.2 Å². The van der Waals surface area contributed by atoms with Crippen LogP contribution < -0.4 is 5.73 Å². The highest BCUT2D eigenvalue weighted by atomic mass is 35.5. The molecule has 1 aliphatic heterocycles. The summed E-state index contributed by atoms with van der Waals surface area (Å²) in [6, 6.07) is 4.57. The van der Waals surface area contributed by atoms with Gasteiger partial charge < -0.3 is 10.6 Å². The van der Waals surface area contributed by atoms with Gasteiger partial charge in [0.05, 0.1) is 0 Å². The van der Waals surface area contributed by atoms with Gasteiger partial charge in [0.2, 0.25) is 5.91 Å². The van der Waals surface area contributed by atoms with E-state index in [1.165, 1.54) is 11.3 Å². The first-order valence-electron chi connectivity index (χ1n) is 8.50. The van der Waals surface area contributed by atoms with Gasteiger partial charge in [-0.2, -0.15) is 0 Å². The van der Waals surface area contributed by atoms with E-state index in [4.69, 9.17) is 5.73 Å². The van der Waals surface area contributed by atoms with E-state index in [1.807, 2.05) is 16.2 Å². The molecule has 2 fully saturated rings. The van der Waals surface area contributed by atoms with Crippen LogP contribution in [0.2, 0.25) is 0 Å². The Kier molecular flexibility index (Phi) is 9.60. The van der Waals surface area contributed by atoms with Crippen LogP contribution in [0.5, 0.6) is 0 Å². The van der Waals surface area contributed by atoms with E-state index in [0.29, 0.717) is 18.2 Å². The Bertz CT molecular complexity index is 478. The Balaban J connectivity index is 0.00000144. The highest BCUT2D eigenvalue weighted by molar-refractivity contribution is 7.09. The number of thiophene rings is 1. The van der Waals surface area contributed by atoms with Gasteiger partial charge in [-0.05, 0) is 36.6 Å². The minimum absolute atomic E-state index is 0. The van der Waals surface area contributed by atoms with E-state index in [9.17, 15) is 4.79 Å². The molecule has 1 saturated heterocycles. The van der Waals surface area contributed by atoms with Crippen LogP contribution in [0.1, 0.15) is 30.6 Å². The summed E-state index contributed by atoms with van der Waals surface area (Å²) in [4.78, 5) is 18.4. The molecule has 1 aliphatic carbocycles. The van der Waals surface area contributed by atoms with Crippen molar-refractivity contribution < 1.29 is 4.79 Å². The fourth-order valence-electron chi connectivity index (χ4n) is 3.62. The number of nitrogens with two attached hydrogens (primary N) is 1. The van der Waals surface area contributed by atoms with Gasteiger partial charge in [0.15, 0.2) is 0 Å². The molecule has 1 aromatic heterocycles. The lowest BCUT2D eigenvalue weighted by atomic mass is 9.99. The second-order valence-corrected chi connectivity index (χ2v) is 7.64. The number of halogens is 2. The predicted molar refractivity (Wildman–Crippen MR) is 105 cm³/mol. The third kappa shape index (κ3) is 5.88. The van der Waals surface area contributed by atoms with Crippen molar-refractivity contribution in [2.45, 2.75) is 38.1 Å². The Labute approximate surface area is 161 Å². The van der Waals surface area contributed by atoms with E-state index in [2.05, 4.69) is 22.4 Å². The van der Waals surface area contributed by atoms with Crippen molar-refractivity contribution in [2.24, 2.45) is 11.7 Å². The Morgan fingerprint density at radius 2 is 1.96 bits per heavy atom. The number of nitrogens with zero attached hydrogens (tertiary/aromatic N) is 2. The predicted octanol–water partition coefficient (Wildman–Crippen LogP) is 2.80. The minimum atomic E-state index is 0. The lowest BCUT2D eigenvalue weighted by Gasteiger charge is -2.35. The maximum absolute atomic E-state index is 12.4. The number of rotatable bonds is 5. The maximum atomic E-state index is 12.4. The summed E-state index contributed by atoms with van der Waals surface area (Å²) in [7, 11) is 0. The number of carbonyl (C=O) groups is 1. The summed E-state index contributed by atoms with van der Waals surface area (Å²) in [5.41, 5.74) is 6.09. The Morgan fingerprint density at radius 1 is 1.21 bits per heavy atom. The second kappa shape index (κ2) is 10.6. The van der Waals surface area contributed by atoms with Gasteiger partial charge in [0, 0.05) is 50.1 Å². The van der Waals surface area contributed by atoms with Crippen LogP contribution in [0.3, 0.4) is 0 Å². The Hall–Kier alpha value is -0.330. The van der Waals surface area contributed by atoms with E-state index < -0.39 is 0 Å². The van der Waals surface area contributed by atoms with Gasteiger partial charge in [-0.25, -0.2) is 0 Å². The van der Waals surface area contributed by atoms with Gasteiger partial charge in [-0.15, -0.1) is 36.2 Å². The molecule has 0 unspecified atom stereocenters. The average Bonchev–Trinajstić information content (AvgIpc) is 3.18. The zero-order chi connectivity index (χ0) is 15.4. The largest absolute Gasteiger partial charge is 0.340 e. The molecular formula is C17H29Cl2N3OS. The second-order valence-electron chi connectivity index (χ2n) is 6.61. The summed E-state index contributed by atoms with van der Waals surface area (Å²) in [6.45, 7) is 4.88. The minimum Gasteiger partial charge on any atom is -0.340 e. The molecule has 1 aromatic rings. The number of carbonyl (C=O) groups excluding carboxylic acids is 1. The number of amides is 1. The van der Waals surface area contributed by atoms with Crippen LogP contribution in [-0.4, -0.2) is 54.5 Å². The van der Waals surface area contributed by atoms with Crippen molar-refractivity contribution in [2.75, 3.05) is 32.7 Å². The quantitative estimate of drug-likeness (QED) is 0.836. The molecule has 0 aromatic carbocycles. The van der Waals surface area contributed by atoms with Crippen LogP contribution in [0, 0.1) is 5.92 Å². The highest BCUT2D eigenvalue weighted by Crippen LogP contribution is 2.27. The number of hydrogen-bond acceptors (Lipinski definition) is 4. The first kappa shape index (κ1) is 21.7. The van der Waals surface area contributed by atoms with E-state index in [-0.39, 0.29) is 30.9 Å². The summed E-state index contributed by atoms with van der Waals surface area (Å²) < 4.78 is 0. The number of hydrogen-bond donors (Lipinski definition) is 1. The van der Waals surface area contributed by atoms with E-state index in [1.54, 1.807) is 0 Å². The zero-order valence-electron chi connectivity index (χ0n) is 14.1. The maximum Gasteiger partial charge on any atom is 0.222 e. The molecule has 2 heterocycles. The van der Waals surface area contributed by atoms with E-state index >= 15 is 0 Å². The topological polar surface area (TPSA) is 49.6 Å². The molecule has 3 rings (SSSR count). The van der Waals surface area contributed by atoms with Crippen LogP contribution >= 0.6 is 36.2 Å². The summed E-state index contributed by atoms with van der Waals surface area (Å²) in [6.07, 6.45) is 5.21. The lowest BCUT2D eigenvalue weighted by Crippen LogP contribution is -2.49. The molecule has 24 heavy (non-hydrogen) atoms. The molecule has 2 aliphatic rings. The molecule has 1 amide bonds. The van der Waals surface area contributed by atoms with Crippen molar-refractivity contribution in [3.8, 4) is 0 Å². The van der Waals surface area contributed by atoms with Gasteiger partial charge in [-0.1, -0.05) is 12.5 Å². The summed E-state index contributed by atoms with van der Waals surface area (Å²) in [5.74, 6) is 0.740. The monoisotopic (exact) mass is 393 g/mol. The van der Waals surface area contributed by atoms with Gasteiger partial charge >= 0.3 is 0 Å². The van der Waals surface area contributed by atoms with E-state index in [0.717, 1.165) is 52.0 Å². The lowest BCUT2D eigenvalue weighted by molar-refractivity contribution is -0.134. The summed E-state index contributed by atoms with van der Waals surface area (Å²) >= 11 is 1.83. The molecule has 4 nitrogen and oxygen atoms in total. The van der Waals surface area contributed by atoms with Crippen LogP contribution in [0.25, 0.3) is 0 Å². The molecule has 2 N–H and O–H groups in total. The van der Waals surface area contributed by atoms with Gasteiger partial charge in [-0.3, -0.25) is 9.69 Å². The van der Waals surface area contributed by atoms with Crippen molar-refractivity contribution in [1.29, 1.82) is 0 Å². The molecule has 0 radical (unpaired) electrons. The third-order valence-electron chi connectivity index (χ3n) is 5.13. The molecule has 2 atom stereocenters. The molecule has 0 bridgehead atoms. The van der Waals surface area contributed by atoms with Crippen molar-refractivity contribution in [3.63, 3.8) is 0 Å². The fraction of sp³-hybridized carbons (Fsp3) is 0.706.